The summed E-state index contributed by atoms with van der Waals surface area (Å²) in [5, 5.41) is 1.93. The molecule has 0 aromatic heterocycles. The van der Waals surface area contributed by atoms with E-state index in [0.717, 1.165) is 0 Å². The van der Waals surface area contributed by atoms with Crippen LogP contribution >= 0.6 is 0 Å². The SMILES string of the molecule is COC(CNC1CS(=O)(=O)CC1S(=O)(=O)c1ccccc1)OC. The number of sulfone groups is 2. The van der Waals surface area contributed by atoms with Gasteiger partial charge in [0.1, 0.15) is 0 Å². The molecule has 0 bridgehead atoms. The van der Waals surface area contributed by atoms with Crippen molar-refractivity contribution < 1.29 is 26.3 Å². The Morgan fingerprint density at radius 1 is 1.17 bits per heavy atom. The average molecular weight is 363 g/mol. The van der Waals surface area contributed by atoms with Crippen LogP contribution in [0.2, 0.25) is 0 Å². The fourth-order valence-corrected chi connectivity index (χ4v) is 7.34. The number of ether oxygens (including phenoxy) is 2. The molecule has 1 heterocycles. The largest absolute Gasteiger partial charge is 0.355 e. The van der Waals surface area contributed by atoms with E-state index in [-0.39, 0.29) is 22.9 Å². The van der Waals surface area contributed by atoms with Crippen molar-refractivity contribution in [3.8, 4) is 0 Å². The van der Waals surface area contributed by atoms with Crippen molar-refractivity contribution >= 4 is 19.7 Å². The molecule has 7 nitrogen and oxygen atoms in total. The Balaban J connectivity index is 2.24. The zero-order chi connectivity index (χ0) is 17.1. The van der Waals surface area contributed by atoms with Gasteiger partial charge in [0, 0.05) is 26.8 Å². The molecule has 9 heteroatoms. The van der Waals surface area contributed by atoms with Gasteiger partial charge in [-0.1, -0.05) is 18.2 Å². The molecule has 0 aliphatic carbocycles. The number of rotatable bonds is 7. The highest BCUT2D eigenvalue weighted by molar-refractivity contribution is 7.96. The van der Waals surface area contributed by atoms with Crippen LogP contribution in [0.3, 0.4) is 0 Å². The first-order chi connectivity index (χ1) is 10.8. The van der Waals surface area contributed by atoms with Crippen LogP contribution in [-0.2, 0) is 29.1 Å². The third-order valence-electron chi connectivity index (χ3n) is 3.84. The molecule has 130 valence electrons. The molecular formula is C14H21NO6S2. The van der Waals surface area contributed by atoms with Gasteiger partial charge >= 0.3 is 0 Å². The Hall–Kier alpha value is -1.00. The van der Waals surface area contributed by atoms with Gasteiger partial charge in [0.15, 0.2) is 26.0 Å². The van der Waals surface area contributed by atoms with Gasteiger partial charge in [0.25, 0.3) is 0 Å². The van der Waals surface area contributed by atoms with Gasteiger partial charge in [-0.2, -0.15) is 0 Å². The lowest BCUT2D eigenvalue weighted by Crippen LogP contribution is -2.46. The van der Waals surface area contributed by atoms with Crippen molar-refractivity contribution in [1.82, 2.24) is 5.32 Å². The molecule has 0 radical (unpaired) electrons. The van der Waals surface area contributed by atoms with Gasteiger partial charge in [-0.15, -0.1) is 0 Å². The van der Waals surface area contributed by atoms with E-state index in [2.05, 4.69) is 5.32 Å². The minimum absolute atomic E-state index is 0.129. The summed E-state index contributed by atoms with van der Waals surface area (Å²) >= 11 is 0. The van der Waals surface area contributed by atoms with Crippen LogP contribution in [0.25, 0.3) is 0 Å². The number of hydrogen-bond acceptors (Lipinski definition) is 7. The van der Waals surface area contributed by atoms with Gasteiger partial charge in [-0.25, -0.2) is 16.8 Å². The third kappa shape index (κ3) is 4.30. The van der Waals surface area contributed by atoms with E-state index in [1.165, 1.54) is 26.4 Å². The van der Waals surface area contributed by atoms with E-state index in [0.29, 0.717) is 0 Å². The Labute approximate surface area is 136 Å². The third-order valence-corrected chi connectivity index (χ3v) is 8.01. The quantitative estimate of drug-likeness (QED) is 0.672. The zero-order valence-corrected chi connectivity index (χ0v) is 14.6. The topological polar surface area (TPSA) is 98.8 Å². The predicted molar refractivity (Wildman–Crippen MR) is 85.7 cm³/mol. The lowest BCUT2D eigenvalue weighted by molar-refractivity contribution is -0.0995. The molecule has 2 unspecified atom stereocenters. The summed E-state index contributed by atoms with van der Waals surface area (Å²) in [6.45, 7) is 0.202. The summed E-state index contributed by atoms with van der Waals surface area (Å²) in [4.78, 5) is 0.129. The molecule has 1 aromatic rings. The first-order valence-electron chi connectivity index (χ1n) is 7.08. The zero-order valence-electron chi connectivity index (χ0n) is 13.0. The van der Waals surface area contributed by atoms with Gasteiger partial charge in [-0.05, 0) is 12.1 Å². The Bertz CT molecular complexity index is 713. The molecule has 1 N–H and O–H groups in total. The highest BCUT2D eigenvalue weighted by atomic mass is 32.2. The standard InChI is InChI=1S/C14H21NO6S2/c1-20-14(21-2)8-15-12-9-22(16,17)10-13(12)23(18,19)11-6-4-3-5-7-11/h3-7,12-15H,8-10H2,1-2H3. The molecule has 1 aromatic carbocycles. The molecule has 1 saturated heterocycles. The Kier molecular flexibility index (Phi) is 5.79. The highest BCUT2D eigenvalue weighted by Crippen LogP contribution is 2.25. The molecule has 0 spiro atoms. The van der Waals surface area contributed by atoms with Crippen LogP contribution in [0.5, 0.6) is 0 Å². The molecule has 2 rings (SSSR count). The fraction of sp³-hybridized carbons (Fsp3) is 0.571. The molecule has 0 amide bonds. The smallest absolute Gasteiger partial charge is 0.183 e. The minimum Gasteiger partial charge on any atom is -0.355 e. The number of hydrogen-bond donors (Lipinski definition) is 1. The average Bonchev–Trinajstić information content (AvgIpc) is 2.85. The van der Waals surface area contributed by atoms with E-state index in [1.807, 2.05) is 0 Å². The number of benzene rings is 1. The second kappa shape index (κ2) is 7.27. The van der Waals surface area contributed by atoms with Crippen molar-refractivity contribution in [3.05, 3.63) is 30.3 Å². The second-order valence-corrected chi connectivity index (χ2v) is 9.71. The van der Waals surface area contributed by atoms with Crippen LogP contribution in [0.1, 0.15) is 0 Å². The van der Waals surface area contributed by atoms with Crippen LogP contribution in [0.15, 0.2) is 35.2 Å². The summed E-state index contributed by atoms with van der Waals surface area (Å²) in [5.41, 5.74) is 0. The van der Waals surface area contributed by atoms with Crippen LogP contribution in [-0.4, -0.2) is 66.7 Å². The minimum atomic E-state index is -3.74. The predicted octanol–water partition coefficient (Wildman–Crippen LogP) is -0.166. The Morgan fingerprint density at radius 2 is 1.78 bits per heavy atom. The van der Waals surface area contributed by atoms with Crippen molar-refractivity contribution in [2.75, 3.05) is 32.3 Å². The summed E-state index contributed by atoms with van der Waals surface area (Å²) in [5.74, 6) is -0.601. The normalized spacial score (nSPS) is 24.1. The summed E-state index contributed by atoms with van der Waals surface area (Å²) in [6.07, 6.45) is -0.571. The number of methoxy groups -OCH3 is 2. The summed E-state index contributed by atoms with van der Waals surface area (Å²) in [7, 11) is -4.25. The maximum Gasteiger partial charge on any atom is 0.183 e. The maximum atomic E-state index is 12.7. The second-order valence-electron chi connectivity index (χ2n) is 5.39. The van der Waals surface area contributed by atoms with Crippen molar-refractivity contribution in [2.24, 2.45) is 0 Å². The van der Waals surface area contributed by atoms with E-state index < -0.39 is 37.3 Å². The first-order valence-corrected chi connectivity index (χ1v) is 10.5. The van der Waals surface area contributed by atoms with Gasteiger partial charge in [0.05, 0.1) is 21.7 Å². The van der Waals surface area contributed by atoms with Crippen molar-refractivity contribution in [2.45, 2.75) is 22.5 Å². The van der Waals surface area contributed by atoms with Crippen molar-refractivity contribution in [3.63, 3.8) is 0 Å². The van der Waals surface area contributed by atoms with Crippen LogP contribution in [0, 0.1) is 0 Å². The highest BCUT2D eigenvalue weighted by Gasteiger charge is 2.45. The van der Waals surface area contributed by atoms with Gasteiger partial charge in [-0.3, -0.25) is 0 Å². The van der Waals surface area contributed by atoms with E-state index in [4.69, 9.17) is 9.47 Å². The Morgan fingerprint density at radius 3 is 2.35 bits per heavy atom. The van der Waals surface area contributed by atoms with E-state index in [9.17, 15) is 16.8 Å². The molecule has 1 aliphatic rings. The fourth-order valence-electron chi connectivity index (χ4n) is 2.61. The molecule has 1 aliphatic heterocycles. The van der Waals surface area contributed by atoms with E-state index in [1.54, 1.807) is 18.2 Å². The molecule has 23 heavy (non-hydrogen) atoms. The van der Waals surface area contributed by atoms with Gasteiger partial charge in [0.2, 0.25) is 0 Å². The van der Waals surface area contributed by atoms with Crippen molar-refractivity contribution in [1.29, 1.82) is 0 Å². The monoisotopic (exact) mass is 363 g/mol. The molecule has 2 atom stereocenters. The molecule has 0 saturated carbocycles. The van der Waals surface area contributed by atoms with Gasteiger partial charge < -0.3 is 14.8 Å². The lowest BCUT2D eigenvalue weighted by atomic mass is 10.2. The summed E-state index contributed by atoms with van der Waals surface area (Å²) in [6, 6.07) is 7.20. The molecular weight excluding hydrogens is 342 g/mol. The first kappa shape index (κ1) is 18.3. The van der Waals surface area contributed by atoms with Crippen LogP contribution in [0.4, 0.5) is 0 Å². The molecule has 1 fully saturated rings. The van der Waals surface area contributed by atoms with E-state index >= 15 is 0 Å². The number of nitrogens with one attached hydrogen (secondary N) is 1. The van der Waals surface area contributed by atoms with Crippen LogP contribution < -0.4 is 5.32 Å². The lowest BCUT2D eigenvalue weighted by Gasteiger charge is -2.22. The maximum absolute atomic E-state index is 12.7. The summed E-state index contributed by atoms with van der Waals surface area (Å²) < 4.78 is 59.5.